The molecule has 0 saturated heterocycles. The van der Waals surface area contributed by atoms with Crippen molar-refractivity contribution in [3.8, 4) is 0 Å². The zero-order chi connectivity index (χ0) is 17.5. The van der Waals surface area contributed by atoms with Crippen molar-refractivity contribution < 1.29 is 14.4 Å². The van der Waals surface area contributed by atoms with E-state index < -0.39 is 5.91 Å². The Morgan fingerprint density at radius 2 is 1.71 bits per heavy atom. The topological polar surface area (TPSA) is 87.3 Å². The van der Waals surface area contributed by atoms with Crippen LogP contribution < -0.4 is 16.0 Å². The number of hydrogen-bond donors (Lipinski definition) is 3. The van der Waals surface area contributed by atoms with E-state index in [1.54, 1.807) is 17.5 Å². The number of rotatable bonds is 6. The highest BCUT2D eigenvalue weighted by molar-refractivity contribution is 7.12. The molecule has 7 heteroatoms. The molecule has 0 unspecified atom stereocenters. The molecule has 0 saturated carbocycles. The monoisotopic (exact) mass is 345 g/mol. The van der Waals surface area contributed by atoms with E-state index in [-0.39, 0.29) is 24.9 Å². The smallest absolute Gasteiger partial charge is 0.261 e. The number of benzene rings is 1. The van der Waals surface area contributed by atoms with Crippen LogP contribution in [0.15, 0.2) is 35.7 Å². The summed E-state index contributed by atoms with van der Waals surface area (Å²) in [6.07, 6.45) is 0. The van der Waals surface area contributed by atoms with Crippen LogP contribution in [0.1, 0.15) is 20.8 Å². The van der Waals surface area contributed by atoms with Crippen molar-refractivity contribution in [1.29, 1.82) is 0 Å². The molecular weight excluding hydrogens is 326 g/mol. The Kier molecular flexibility index (Phi) is 6.08. The summed E-state index contributed by atoms with van der Waals surface area (Å²) in [4.78, 5) is 35.7. The Morgan fingerprint density at radius 1 is 0.958 bits per heavy atom. The maximum atomic E-state index is 11.8. The standard InChI is InChI=1S/C17H19N3O3S/c1-11-5-6-13(8-12(11)2)20-16(22)10-18-15(21)9-19-17(23)14-4-3-7-24-14/h3-8H,9-10H2,1-2H3,(H,18,21)(H,19,23)(H,20,22). The largest absolute Gasteiger partial charge is 0.345 e. The summed E-state index contributed by atoms with van der Waals surface area (Å²) < 4.78 is 0. The van der Waals surface area contributed by atoms with Gasteiger partial charge in [0, 0.05) is 5.69 Å². The van der Waals surface area contributed by atoms with Gasteiger partial charge in [-0.1, -0.05) is 12.1 Å². The fourth-order valence-corrected chi connectivity index (χ4v) is 2.56. The Balaban J connectivity index is 1.72. The van der Waals surface area contributed by atoms with E-state index in [0.29, 0.717) is 10.6 Å². The molecule has 0 atom stereocenters. The van der Waals surface area contributed by atoms with Crippen LogP contribution >= 0.6 is 11.3 Å². The number of nitrogens with one attached hydrogen (secondary N) is 3. The summed E-state index contributed by atoms with van der Waals surface area (Å²) in [5, 5.41) is 9.46. The van der Waals surface area contributed by atoms with Gasteiger partial charge in [-0.15, -0.1) is 11.3 Å². The van der Waals surface area contributed by atoms with Gasteiger partial charge in [0.1, 0.15) is 0 Å². The highest BCUT2D eigenvalue weighted by atomic mass is 32.1. The van der Waals surface area contributed by atoms with E-state index in [1.807, 2.05) is 32.0 Å². The SMILES string of the molecule is Cc1ccc(NC(=O)CNC(=O)CNC(=O)c2cccs2)cc1C. The minimum absolute atomic E-state index is 0.152. The lowest BCUT2D eigenvalue weighted by atomic mass is 10.1. The quantitative estimate of drug-likeness (QED) is 0.747. The number of carbonyl (C=O) groups is 3. The van der Waals surface area contributed by atoms with Crippen LogP contribution in [0.3, 0.4) is 0 Å². The van der Waals surface area contributed by atoms with Crippen molar-refractivity contribution in [2.24, 2.45) is 0 Å². The van der Waals surface area contributed by atoms with Gasteiger partial charge < -0.3 is 16.0 Å². The Hall–Kier alpha value is -2.67. The van der Waals surface area contributed by atoms with E-state index in [1.165, 1.54) is 11.3 Å². The fourth-order valence-electron chi connectivity index (χ4n) is 1.92. The van der Waals surface area contributed by atoms with E-state index in [0.717, 1.165) is 11.1 Å². The Morgan fingerprint density at radius 3 is 2.38 bits per heavy atom. The molecule has 6 nitrogen and oxygen atoms in total. The Labute approximate surface area is 144 Å². The van der Waals surface area contributed by atoms with Crippen molar-refractivity contribution in [3.63, 3.8) is 0 Å². The van der Waals surface area contributed by atoms with Crippen LogP contribution in [-0.4, -0.2) is 30.8 Å². The molecule has 0 radical (unpaired) electrons. The van der Waals surface area contributed by atoms with Crippen molar-refractivity contribution in [2.75, 3.05) is 18.4 Å². The summed E-state index contributed by atoms with van der Waals surface area (Å²) in [5.74, 6) is -1.05. The van der Waals surface area contributed by atoms with Crippen molar-refractivity contribution in [3.05, 3.63) is 51.7 Å². The molecule has 0 spiro atoms. The molecule has 0 fully saturated rings. The predicted molar refractivity (Wildman–Crippen MR) is 94.2 cm³/mol. The maximum absolute atomic E-state index is 11.8. The second kappa shape index (κ2) is 8.26. The average Bonchev–Trinajstić information content (AvgIpc) is 3.08. The van der Waals surface area contributed by atoms with E-state index >= 15 is 0 Å². The molecule has 0 aliphatic carbocycles. The molecule has 3 amide bonds. The van der Waals surface area contributed by atoms with Gasteiger partial charge in [-0.25, -0.2) is 0 Å². The van der Waals surface area contributed by atoms with Gasteiger partial charge in [0.2, 0.25) is 11.8 Å². The zero-order valence-corrected chi connectivity index (χ0v) is 14.3. The lowest BCUT2D eigenvalue weighted by Gasteiger charge is -2.09. The van der Waals surface area contributed by atoms with Crippen LogP contribution in [0.4, 0.5) is 5.69 Å². The molecular formula is C17H19N3O3S. The molecule has 2 rings (SSSR count). The maximum Gasteiger partial charge on any atom is 0.261 e. The first kappa shape index (κ1) is 17.7. The third-order valence-electron chi connectivity index (χ3n) is 3.39. The molecule has 0 aliphatic rings. The summed E-state index contributed by atoms with van der Waals surface area (Å²) in [5.41, 5.74) is 2.90. The number of anilines is 1. The normalized spacial score (nSPS) is 10.1. The van der Waals surface area contributed by atoms with E-state index in [9.17, 15) is 14.4 Å². The molecule has 1 aromatic carbocycles. The molecule has 1 aromatic heterocycles. The minimum Gasteiger partial charge on any atom is -0.345 e. The predicted octanol–water partition coefficient (Wildman–Crippen LogP) is 1.85. The lowest BCUT2D eigenvalue weighted by molar-refractivity contribution is -0.123. The summed E-state index contributed by atoms with van der Waals surface area (Å²) >= 11 is 1.30. The van der Waals surface area contributed by atoms with Gasteiger partial charge in [-0.2, -0.15) is 0 Å². The summed E-state index contributed by atoms with van der Waals surface area (Å²) in [6.45, 7) is 3.63. The molecule has 2 aromatic rings. The van der Waals surface area contributed by atoms with Crippen LogP contribution in [0.5, 0.6) is 0 Å². The number of carbonyl (C=O) groups excluding carboxylic acids is 3. The highest BCUT2D eigenvalue weighted by Gasteiger charge is 2.10. The van der Waals surface area contributed by atoms with Crippen molar-refractivity contribution in [2.45, 2.75) is 13.8 Å². The van der Waals surface area contributed by atoms with Crippen molar-refractivity contribution in [1.82, 2.24) is 10.6 Å². The molecule has 3 N–H and O–H groups in total. The third kappa shape index (κ3) is 5.20. The summed E-state index contributed by atoms with van der Waals surface area (Å²) in [6, 6.07) is 9.04. The van der Waals surface area contributed by atoms with Gasteiger partial charge in [0.15, 0.2) is 0 Å². The average molecular weight is 345 g/mol. The van der Waals surface area contributed by atoms with Gasteiger partial charge in [0.25, 0.3) is 5.91 Å². The Bertz CT molecular complexity index is 742. The number of aryl methyl sites for hydroxylation is 2. The molecule has 0 bridgehead atoms. The third-order valence-corrected chi connectivity index (χ3v) is 4.26. The second-order valence-corrected chi connectivity index (χ2v) is 6.23. The van der Waals surface area contributed by atoms with Gasteiger partial charge in [-0.05, 0) is 48.6 Å². The van der Waals surface area contributed by atoms with E-state index in [2.05, 4.69) is 16.0 Å². The van der Waals surface area contributed by atoms with Gasteiger partial charge in [-0.3, -0.25) is 14.4 Å². The molecule has 126 valence electrons. The van der Waals surface area contributed by atoms with Gasteiger partial charge >= 0.3 is 0 Å². The van der Waals surface area contributed by atoms with Crippen LogP contribution in [0.2, 0.25) is 0 Å². The van der Waals surface area contributed by atoms with Gasteiger partial charge in [0.05, 0.1) is 18.0 Å². The first-order chi connectivity index (χ1) is 11.5. The van der Waals surface area contributed by atoms with Crippen LogP contribution in [0.25, 0.3) is 0 Å². The minimum atomic E-state index is -0.421. The second-order valence-electron chi connectivity index (χ2n) is 5.28. The highest BCUT2D eigenvalue weighted by Crippen LogP contribution is 2.13. The lowest BCUT2D eigenvalue weighted by Crippen LogP contribution is -2.40. The van der Waals surface area contributed by atoms with Crippen molar-refractivity contribution >= 4 is 34.7 Å². The molecule has 24 heavy (non-hydrogen) atoms. The zero-order valence-electron chi connectivity index (χ0n) is 13.5. The summed E-state index contributed by atoms with van der Waals surface area (Å²) in [7, 11) is 0. The molecule has 1 heterocycles. The molecule has 0 aliphatic heterocycles. The number of amides is 3. The van der Waals surface area contributed by atoms with Crippen LogP contribution in [-0.2, 0) is 9.59 Å². The number of thiophene rings is 1. The number of hydrogen-bond acceptors (Lipinski definition) is 4. The van der Waals surface area contributed by atoms with E-state index in [4.69, 9.17) is 0 Å². The first-order valence-corrected chi connectivity index (χ1v) is 8.29. The fraction of sp³-hybridized carbons (Fsp3) is 0.235. The first-order valence-electron chi connectivity index (χ1n) is 7.41. The van der Waals surface area contributed by atoms with Crippen LogP contribution in [0, 0.1) is 13.8 Å².